The molecule has 0 aliphatic heterocycles. The molecule has 0 unspecified atom stereocenters. The molecule has 2 heteroatoms. The zero-order chi connectivity index (χ0) is 15.0. The predicted octanol–water partition coefficient (Wildman–Crippen LogP) is 4.58. The lowest BCUT2D eigenvalue weighted by atomic mass is 10.0. The number of benzene rings is 1. The van der Waals surface area contributed by atoms with Crippen LogP contribution in [0.1, 0.15) is 39.2 Å². The first-order chi connectivity index (χ1) is 9.63. The maximum absolute atomic E-state index is 11.6. The summed E-state index contributed by atoms with van der Waals surface area (Å²) in [6, 6.07) is 7.93. The van der Waals surface area contributed by atoms with Crippen LogP contribution in [0.5, 0.6) is 0 Å². The third-order valence-electron chi connectivity index (χ3n) is 3.10. The lowest BCUT2D eigenvalue weighted by Gasteiger charge is -2.19. The minimum absolute atomic E-state index is 0.0512. The van der Waals surface area contributed by atoms with Gasteiger partial charge in [-0.05, 0) is 31.0 Å². The van der Waals surface area contributed by atoms with Crippen molar-refractivity contribution in [2.45, 2.75) is 33.6 Å². The summed E-state index contributed by atoms with van der Waals surface area (Å²) >= 11 is 0. The summed E-state index contributed by atoms with van der Waals surface area (Å²) < 4.78 is 0. The van der Waals surface area contributed by atoms with Crippen LogP contribution in [-0.2, 0) is 4.79 Å². The largest absolute Gasteiger partial charge is 0.313 e. The zero-order valence-electron chi connectivity index (χ0n) is 12.6. The number of amides is 1. The van der Waals surface area contributed by atoms with E-state index in [9.17, 15) is 4.79 Å². The lowest BCUT2D eigenvalue weighted by molar-refractivity contribution is -0.116. The fourth-order valence-electron chi connectivity index (χ4n) is 2.05. The van der Waals surface area contributed by atoms with E-state index in [1.165, 1.54) is 0 Å². The van der Waals surface area contributed by atoms with E-state index >= 15 is 0 Å². The fraction of sp³-hybridized carbons (Fsp3) is 0.333. The van der Waals surface area contributed by atoms with E-state index in [-0.39, 0.29) is 5.91 Å². The molecule has 0 N–H and O–H groups in total. The van der Waals surface area contributed by atoms with Crippen molar-refractivity contribution < 1.29 is 4.79 Å². The number of allylic oxidation sites excluding steroid dienone is 3. The van der Waals surface area contributed by atoms with Crippen molar-refractivity contribution in [1.82, 2.24) is 0 Å². The summed E-state index contributed by atoms with van der Waals surface area (Å²) in [5.41, 5.74) is 5.87. The Balaban J connectivity index is 3.08. The first kappa shape index (κ1) is 16.0. The number of carbonyl (C=O) groups excluding carboxylic acids is 1. The minimum atomic E-state index is 0.0512. The van der Waals surface area contributed by atoms with Gasteiger partial charge in [-0.3, -0.25) is 4.79 Å². The molecule has 20 heavy (non-hydrogen) atoms. The molecule has 0 aliphatic carbocycles. The Morgan fingerprint density at radius 1 is 1.40 bits per heavy atom. The molecule has 0 spiro atoms. The highest BCUT2D eigenvalue weighted by Gasteiger charge is 2.09. The maximum Gasteiger partial charge on any atom is 0.223 e. The van der Waals surface area contributed by atoms with E-state index in [2.05, 4.69) is 25.3 Å². The van der Waals surface area contributed by atoms with Gasteiger partial charge in [-0.15, -0.1) is 5.73 Å². The van der Waals surface area contributed by atoms with Crippen molar-refractivity contribution >= 4 is 17.2 Å². The Labute approximate surface area is 122 Å². The normalized spacial score (nSPS) is 10.3. The molecule has 0 fully saturated rings. The molecule has 2 nitrogen and oxygen atoms in total. The van der Waals surface area contributed by atoms with Gasteiger partial charge < -0.3 is 4.90 Å². The number of rotatable bonds is 6. The molecule has 106 valence electrons. The van der Waals surface area contributed by atoms with Crippen molar-refractivity contribution in [2.75, 3.05) is 11.4 Å². The van der Waals surface area contributed by atoms with Crippen LogP contribution in [0.3, 0.4) is 0 Å². The second-order valence-corrected chi connectivity index (χ2v) is 4.60. The zero-order valence-corrected chi connectivity index (χ0v) is 12.6. The highest BCUT2D eigenvalue weighted by Crippen LogP contribution is 2.22. The van der Waals surface area contributed by atoms with E-state index in [0.29, 0.717) is 6.54 Å². The van der Waals surface area contributed by atoms with Gasteiger partial charge in [0.15, 0.2) is 0 Å². The molecule has 0 radical (unpaired) electrons. The van der Waals surface area contributed by atoms with Gasteiger partial charge >= 0.3 is 0 Å². The topological polar surface area (TPSA) is 20.3 Å². The second kappa shape index (κ2) is 8.19. The third-order valence-corrected chi connectivity index (χ3v) is 3.10. The third kappa shape index (κ3) is 4.25. The summed E-state index contributed by atoms with van der Waals surface area (Å²) in [5.74, 6) is 0.0512. The lowest BCUT2D eigenvalue weighted by Crippen LogP contribution is -2.27. The molecule has 1 aromatic carbocycles. The first-order valence-corrected chi connectivity index (χ1v) is 7.09. The van der Waals surface area contributed by atoms with Crippen LogP contribution in [0, 0.1) is 0 Å². The number of carbonyl (C=O) groups is 1. The Kier molecular flexibility index (Phi) is 6.55. The Hall–Kier alpha value is -2.05. The van der Waals surface area contributed by atoms with E-state index in [0.717, 1.165) is 29.7 Å². The van der Waals surface area contributed by atoms with Crippen LogP contribution in [0.25, 0.3) is 5.57 Å². The Morgan fingerprint density at radius 2 is 2.15 bits per heavy atom. The van der Waals surface area contributed by atoms with Crippen molar-refractivity contribution in [3.05, 3.63) is 54.3 Å². The van der Waals surface area contributed by atoms with Crippen LogP contribution < -0.4 is 4.90 Å². The van der Waals surface area contributed by atoms with Gasteiger partial charge in [0.1, 0.15) is 0 Å². The van der Waals surface area contributed by atoms with Crippen LogP contribution in [-0.4, -0.2) is 12.5 Å². The van der Waals surface area contributed by atoms with E-state index in [1.807, 2.05) is 37.3 Å². The number of unbranched alkanes of at least 4 members (excludes halogenated alkanes) is 1. The van der Waals surface area contributed by atoms with Gasteiger partial charge in [0.05, 0.1) is 0 Å². The molecule has 1 aromatic rings. The quantitative estimate of drug-likeness (QED) is 0.546. The number of nitrogens with zero attached hydrogens (tertiary/aromatic N) is 1. The molecular formula is C18H23NO. The summed E-state index contributed by atoms with van der Waals surface area (Å²) in [6.07, 6.45) is 6.33. The monoisotopic (exact) mass is 269 g/mol. The molecule has 0 aromatic heterocycles. The summed E-state index contributed by atoms with van der Waals surface area (Å²) in [5, 5.41) is 0. The SMILES string of the molecule is C=C=C(/C=C/CCC)c1cccc(N(CC)C(C)=O)c1. The minimum Gasteiger partial charge on any atom is -0.313 e. The van der Waals surface area contributed by atoms with Crippen molar-refractivity contribution in [3.8, 4) is 0 Å². The van der Waals surface area contributed by atoms with Crippen molar-refractivity contribution in [3.63, 3.8) is 0 Å². The first-order valence-electron chi connectivity index (χ1n) is 7.09. The van der Waals surface area contributed by atoms with E-state index < -0.39 is 0 Å². The summed E-state index contributed by atoms with van der Waals surface area (Å²) in [6.45, 7) is 10.1. The van der Waals surface area contributed by atoms with Gasteiger partial charge in [0.25, 0.3) is 0 Å². The molecule has 0 saturated heterocycles. The van der Waals surface area contributed by atoms with Gasteiger partial charge in [-0.1, -0.05) is 44.2 Å². The average Bonchev–Trinajstić information content (AvgIpc) is 2.44. The molecular weight excluding hydrogens is 246 g/mol. The van der Waals surface area contributed by atoms with Crippen LogP contribution in [0.15, 0.2) is 48.7 Å². The number of hydrogen-bond acceptors (Lipinski definition) is 1. The molecule has 0 heterocycles. The molecule has 0 bridgehead atoms. The van der Waals surface area contributed by atoms with Crippen LogP contribution in [0.2, 0.25) is 0 Å². The average molecular weight is 269 g/mol. The summed E-state index contributed by atoms with van der Waals surface area (Å²) in [7, 11) is 0. The number of hydrogen-bond donors (Lipinski definition) is 0. The van der Waals surface area contributed by atoms with Crippen LogP contribution >= 0.6 is 0 Å². The second-order valence-electron chi connectivity index (χ2n) is 4.60. The van der Waals surface area contributed by atoms with Gasteiger partial charge in [-0.2, -0.15) is 0 Å². The van der Waals surface area contributed by atoms with Gasteiger partial charge in [-0.25, -0.2) is 0 Å². The molecule has 0 saturated carbocycles. The molecule has 0 atom stereocenters. The van der Waals surface area contributed by atoms with Gasteiger partial charge in [0, 0.05) is 24.7 Å². The molecule has 1 rings (SSSR count). The van der Waals surface area contributed by atoms with E-state index in [4.69, 9.17) is 0 Å². The molecule has 0 aliphatic rings. The predicted molar refractivity (Wildman–Crippen MR) is 86.7 cm³/mol. The number of anilines is 1. The molecule has 1 amide bonds. The Bertz CT molecular complexity index is 536. The van der Waals surface area contributed by atoms with Crippen molar-refractivity contribution in [2.24, 2.45) is 0 Å². The highest BCUT2D eigenvalue weighted by molar-refractivity contribution is 5.92. The highest BCUT2D eigenvalue weighted by atomic mass is 16.2. The van der Waals surface area contributed by atoms with E-state index in [1.54, 1.807) is 11.8 Å². The van der Waals surface area contributed by atoms with Crippen molar-refractivity contribution in [1.29, 1.82) is 0 Å². The maximum atomic E-state index is 11.6. The summed E-state index contributed by atoms with van der Waals surface area (Å²) in [4.78, 5) is 13.4. The fourth-order valence-corrected chi connectivity index (χ4v) is 2.05. The van der Waals surface area contributed by atoms with Gasteiger partial charge in [0.2, 0.25) is 5.91 Å². The van der Waals surface area contributed by atoms with Crippen LogP contribution in [0.4, 0.5) is 5.69 Å². The standard InChI is InChI=1S/C18H23NO/c1-5-8-9-11-16(6-2)17-12-10-13-18(14-17)19(7-3)15(4)20/h9-14H,2,5,7-8H2,1,3-4H3/b11-9+. The smallest absolute Gasteiger partial charge is 0.223 e. The Morgan fingerprint density at radius 3 is 2.70 bits per heavy atom.